The highest BCUT2D eigenvalue weighted by molar-refractivity contribution is 6.30. The van der Waals surface area contributed by atoms with Gasteiger partial charge in [-0.25, -0.2) is 17.6 Å². The fourth-order valence-corrected chi connectivity index (χ4v) is 5.77. The van der Waals surface area contributed by atoms with Gasteiger partial charge < -0.3 is 0 Å². The molecule has 4 rings (SSSR count). The van der Waals surface area contributed by atoms with Gasteiger partial charge in [0, 0.05) is 6.07 Å². The zero-order valence-electron chi connectivity index (χ0n) is 15.8. The topological polar surface area (TPSA) is 0 Å². The lowest BCUT2D eigenvalue weighted by Crippen LogP contribution is -2.35. The van der Waals surface area contributed by atoms with E-state index in [9.17, 15) is 17.6 Å². The maximum Gasteiger partial charge on any atom is 0.145 e. The van der Waals surface area contributed by atoms with Crippen molar-refractivity contribution in [3.63, 3.8) is 0 Å². The Labute approximate surface area is 167 Å². The molecule has 0 heterocycles. The first kappa shape index (κ1) is 19.8. The first-order valence-electron chi connectivity index (χ1n) is 10.0. The van der Waals surface area contributed by atoms with Gasteiger partial charge in [-0.1, -0.05) is 31.4 Å². The maximum absolute atomic E-state index is 14.3. The fourth-order valence-electron chi connectivity index (χ4n) is 5.66. The van der Waals surface area contributed by atoms with E-state index >= 15 is 0 Å². The van der Waals surface area contributed by atoms with E-state index in [0.29, 0.717) is 23.5 Å². The monoisotopic (exact) mass is 410 g/mol. The summed E-state index contributed by atoms with van der Waals surface area (Å²) in [5.74, 6) is -2.17. The second kappa shape index (κ2) is 7.70. The maximum atomic E-state index is 14.3. The van der Waals surface area contributed by atoms with Crippen molar-refractivity contribution in [1.29, 1.82) is 0 Å². The van der Waals surface area contributed by atoms with Crippen LogP contribution in [0.1, 0.15) is 67.6 Å². The van der Waals surface area contributed by atoms with Crippen molar-refractivity contribution in [3.8, 4) is 0 Å². The number of benzene rings is 2. The minimum Gasteiger partial charge on any atom is -0.207 e. The van der Waals surface area contributed by atoms with Gasteiger partial charge in [0.15, 0.2) is 0 Å². The Bertz CT molecular complexity index is 871. The SMILES string of the molecule is CCCC1CCC2c3cc(F)cc(F)c3CCC2C1c1cc(F)c(Cl)c(F)c1. The number of rotatable bonds is 3. The molecule has 5 heteroatoms. The van der Waals surface area contributed by atoms with E-state index in [0.717, 1.165) is 43.7 Å². The summed E-state index contributed by atoms with van der Waals surface area (Å²) in [7, 11) is 0. The first-order chi connectivity index (χ1) is 13.4. The van der Waals surface area contributed by atoms with Crippen LogP contribution in [-0.2, 0) is 6.42 Å². The largest absolute Gasteiger partial charge is 0.207 e. The molecule has 0 nitrogen and oxygen atoms in total. The number of hydrogen-bond acceptors (Lipinski definition) is 0. The molecule has 0 saturated heterocycles. The van der Waals surface area contributed by atoms with Gasteiger partial charge in [0.05, 0.1) is 0 Å². The zero-order valence-corrected chi connectivity index (χ0v) is 16.5. The average Bonchev–Trinajstić information content (AvgIpc) is 2.65. The van der Waals surface area contributed by atoms with Gasteiger partial charge in [0.25, 0.3) is 0 Å². The Morgan fingerprint density at radius 3 is 2.32 bits per heavy atom. The van der Waals surface area contributed by atoms with Gasteiger partial charge in [-0.15, -0.1) is 0 Å². The van der Waals surface area contributed by atoms with Crippen molar-refractivity contribution in [3.05, 3.63) is 69.2 Å². The van der Waals surface area contributed by atoms with Crippen LogP contribution >= 0.6 is 11.6 Å². The molecule has 0 aliphatic heterocycles. The molecule has 4 atom stereocenters. The van der Waals surface area contributed by atoms with E-state index < -0.39 is 28.3 Å². The smallest absolute Gasteiger partial charge is 0.145 e. The average molecular weight is 411 g/mol. The molecule has 2 aliphatic carbocycles. The van der Waals surface area contributed by atoms with Crippen molar-refractivity contribution in [1.82, 2.24) is 0 Å². The number of halogens is 5. The molecule has 2 aliphatic rings. The van der Waals surface area contributed by atoms with Crippen LogP contribution in [0.15, 0.2) is 24.3 Å². The predicted octanol–water partition coefficient (Wildman–Crippen LogP) is 7.54. The third-order valence-electron chi connectivity index (χ3n) is 6.71. The lowest BCUT2D eigenvalue weighted by molar-refractivity contribution is 0.159. The minimum absolute atomic E-state index is 0.00820. The second-order valence-corrected chi connectivity index (χ2v) is 8.59. The second-order valence-electron chi connectivity index (χ2n) is 8.21. The van der Waals surface area contributed by atoms with Crippen LogP contribution in [0, 0.1) is 35.1 Å². The fraction of sp³-hybridized carbons (Fsp3) is 0.478. The number of hydrogen-bond donors (Lipinski definition) is 0. The van der Waals surface area contributed by atoms with Crippen LogP contribution in [0.25, 0.3) is 0 Å². The predicted molar refractivity (Wildman–Crippen MR) is 103 cm³/mol. The van der Waals surface area contributed by atoms with Crippen LogP contribution in [-0.4, -0.2) is 0 Å². The molecule has 0 N–H and O–H groups in total. The Kier molecular flexibility index (Phi) is 5.43. The highest BCUT2D eigenvalue weighted by Gasteiger charge is 2.43. The summed E-state index contributed by atoms with van der Waals surface area (Å²) >= 11 is 5.69. The molecule has 0 bridgehead atoms. The third kappa shape index (κ3) is 3.34. The van der Waals surface area contributed by atoms with E-state index in [1.165, 1.54) is 18.2 Å². The van der Waals surface area contributed by atoms with E-state index in [4.69, 9.17) is 11.6 Å². The Morgan fingerprint density at radius 2 is 1.64 bits per heavy atom. The molecule has 28 heavy (non-hydrogen) atoms. The lowest BCUT2D eigenvalue weighted by Gasteiger charge is -2.47. The molecule has 1 fully saturated rings. The highest BCUT2D eigenvalue weighted by atomic mass is 35.5. The molecule has 150 valence electrons. The quantitative estimate of drug-likeness (QED) is 0.362. The highest BCUT2D eigenvalue weighted by Crippen LogP contribution is 2.55. The van der Waals surface area contributed by atoms with E-state index in [1.807, 2.05) is 0 Å². The molecular formula is C23H23ClF4. The minimum atomic E-state index is -0.748. The van der Waals surface area contributed by atoms with Crippen molar-refractivity contribution in [2.45, 2.75) is 57.3 Å². The summed E-state index contributed by atoms with van der Waals surface area (Å²) in [4.78, 5) is 0. The summed E-state index contributed by atoms with van der Waals surface area (Å²) in [6.07, 6.45) is 4.93. The normalized spacial score (nSPS) is 26.6. The Hall–Kier alpha value is -1.55. The van der Waals surface area contributed by atoms with Crippen molar-refractivity contribution in [2.75, 3.05) is 0 Å². The molecule has 0 amide bonds. The molecule has 2 aromatic rings. The van der Waals surface area contributed by atoms with Crippen molar-refractivity contribution in [2.24, 2.45) is 11.8 Å². The summed E-state index contributed by atoms with van der Waals surface area (Å²) in [5, 5.41) is -0.485. The third-order valence-corrected chi connectivity index (χ3v) is 7.07. The lowest BCUT2D eigenvalue weighted by atomic mass is 9.57. The number of fused-ring (bicyclic) bond motifs is 3. The molecule has 0 spiro atoms. The van der Waals surface area contributed by atoms with Crippen LogP contribution in [0.4, 0.5) is 17.6 Å². The summed E-state index contributed by atoms with van der Waals surface area (Å²) in [6, 6.07) is 5.10. The van der Waals surface area contributed by atoms with Crippen LogP contribution in [0.2, 0.25) is 5.02 Å². The van der Waals surface area contributed by atoms with Gasteiger partial charge in [-0.3, -0.25) is 0 Å². The molecular weight excluding hydrogens is 388 g/mol. The molecule has 4 unspecified atom stereocenters. The van der Waals surface area contributed by atoms with E-state index in [-0.39, 0.29) is 17.8 Å². The molecule has 1 saturated carbocycles. The first-order valence-corrected chi connectivity index (χ1v) is 10.4. The Balaban J connectivity index is 1.79. The van der Waals surface area contributed by atoms with Gasteiger partial charge in [0.2, 0.25) is 0 Å². The van der Waals surface area contributed by atoms with Crippen molar-refractivity contribution < 1.29 is 17.6 Å². The van der Waals surface area contributed by atoms with Gasteiger partial charge in [-0.05, 0) is 84.2 Å². The summed E-state index contributed by atoms with van der Waals surface area (Å²) < 4.78 is 56.6. The van der Waals surface area contributed by atoms with Crippen molar-refractivity contribution >= 4 is 11.6 Å². The molecule has 0 radical (unpaired) electrons. The molecule has 0 aromatic heterocycles. The zero-order chi connectivity index (χ0) is 20.0. The molecule has 2 aromatic carbocycles. The van der Waals surface area contributed by atoms with Gasteiger partial charge in [-0.2, -0.15) is 0 Å². The van der Waals surface area contributed by atoms with E-state index in [1.54, 1.807) is 0 Å². The van der Waals surface area contributed by atoms with Gasteiger partial charge >= 0.3 is 0 Å². The Morgan fingerprint density at radius 1 is 0.929 bits per heavy atom. The van der Waals surface area contributed by atoms with Crippen LogP contribution < -0.4 is 0 Å². The standard InChI is InChI=1S/C23H23ClF4/c1-2-3-12-4-5-15-17(7-6-16-18(15)10-14(25)11-19(16)26)22(12)13-8-20(27)23(24)21(28)9-13/h8-12,15,17,22H,2-7H2,1H3. The summed E-state index contributed by atoms with van der Waals surface area (Å²) in [5.41, 5.74) is 1.96. The van der Waals surface area contributed by atoms with Crippen LogP contribution in [0.3, 0.4) is 0 Å². The van der Waals surface area contributed by atoms with Crippen LogP contribution in [0.5, 0.6) is 0 Å². The van der Waals surface area contributed by atoms with E-state index in [2.05, 4.69) is 6.92 Å². The summed E-state index contributed by atoms with van der Waals surface area (Å²) in [6.45, 7) is 2.10. The van der Waals surface area contributed by atoms with Gasteiger partial charge in [0.1, 0.15) is 28.3 Å².